The van der Waals surface area contributed by atoms with Crippen LogP contribution in [0.4, 0.5) is 5.69 Å². The fraction of sp³-hybridized carbons (Fsp3) is 0. The van der Waals surface area contributed by atoms with Gasteiger partial charge in [0.05, 0.1) is 20.1 Å². The average Bonchev–Trinajstić information content (AvgIpc) is 2.19. The van der Waals surface area contributed by atoms with E-state index in [4.69, 9.17) is 52.2 Å². The molecule has 0 radical (unpaired) electrons. The summed E-state index contributed by atoms with van der Waals surface area (Å²) in [5.74, 6) is 5.21. The van der Waals surface area contributed by atoms with Crippen LogP contribution in [0.15, 0.2) is 6.07 Å². The Morgan fingerprint density at radius 1 is 1.25 bits per heavy atom. The van der Waals surface area contributed by atoms with Crippen molar-refractivity contribution in [1.82, 2.24) is 0 Å². The van der Waals surface area contributed by atoms with Crippen molar-refractivity contribution in [2.75, 3.05) is 5.17 Å². The molecule has 6 nitrogen and oxygen atoms in total. The first-order chi connectivity index (χ1) is 7.34. The lowest BCUT2D eigenvalue weighted by Crippen LogP contribution is -2.33. The summed E-state index contributed by atoms with van der Waals surface area (Å²) in [7, 11) is 0. The number of nitrogens with zero attached hydrogens (tertiary/aromatic N) is 2. The summed E-state index contributed by atoms with van der Waals surface area (Å²) >= 11 is 22.8. The molecule has 0 aliphatic rings. The Bertz CT molecular complexity index is 442. The molecule has 16 heavy (non-hydrogen) atoms. The van der Waals surface area contributed by atoms with Crippen LogP contribution >= 0.6 is 46.4 Å². The molecule has 1 aromatic rings. The summed E-state index contributed by atoms with van der Waals surface area (Å²) in [6.45, 7) is 0. The Kier molecular flexibility index (Phi) is 4.28. The summed E-state index contributed by atoms with van der Waals surface area (Å²) in [6.07, 6.45) is 0. The van der Waals surface area contributed by atoms with E-state index in [0.29, 0.717) is 5.17 Å². The SMILES string of the molecule is NN(O[N+](=O)[O-])c1cc(Cl)c(Cl)c(Cl)c1Cl. The number of halogens is 4. The normalized spacial score (nSPS) is 10.1. The zero-order valence-electron chi connectivity index (χ0n) is 7.29. The number of anilines is 1. The summed E-state index contributed by atoms with van der Waals surface area (Å²) in [4.78, 5) is 14.0. The van der Waals surface area contributed by atoms with Crippen LogP contribution in [0.1, 0.15) is 0 Å². The molecule has 0 heterocycles. The molecule has 1 aromatic carbocycles. The van der Waals surface area contributed by atoms with E-state index < -0.39 is 5.09 Å². The maximum absolute atomic E-state index is 10.1. The van der Waals surface area contributed by atoms with Crippen LogP contribution in [-0.2, 0) is 4.94 Å². The van der Waals surface area contributed by atoms with E-state index in [-0.39, 0.29) is 25.8 Å². The van der Waals surface area contributed by atoms with E-state index in [1.165, 1.54) is 6.07 Å². The van der Waals surface area contributed by atoms with Gasteiger partial charge in [0.1, 0.15) is 5.69 Å². The molecule has 0 bridgehead atoms. The molecule has 0 amide bonds. The molecule has 0 atom stereocenters. The second-order valence-electron chi connectivity index (χ2n) is 2.45. The fourth-order valence-corrected chi connectivity index (χ4v) is 1.71. The first-order valence-corrected chi connectivity index (χ1v) is 5.06. The number of benzene rings is 1. The molecule has 0 saturated heterocycles. The van der Waals surface area contributed by atoms with Gasteiger partial charge in [-0.3, -0.25) is 0 Å². The zero-order chi connectivity index (χ0) is 12.5. The number of rotatable bonds is 3. The lowest BCUT2D eigenvalue weighted by Gasteiger charge is -2.17. The third-order valence-electron chi connectivity index (χ3n) is 1.48. The van der Waals surface area contributed by atoms with Crippen molar-refractivity contribution in [3.8, 4) is 0 Å². The molecule has 0 saturated carbocycles. The van der Waals surface area contributed by atoms with Crippen LogP contribution in [-0.4, -0.2) is 5.09 Å². The molecule has 10 heteroatoms. The van der Waals surface area contributed by atoms with Gasteiger partial charge in [0.15, 0.2) is 0 Å². The third-order valence-corrected chi connectivity index (χ3v) is 3.22. The Balaban J connectivity index is 3.19. The van der Waals surface area contributed by atoms with Gasteiger partial charge in [0, 0.05) is 0 Å². The van der Waals surface area contributed by atoms with Crippen LogP contribution in [0.25, 0.3) is 0 Å². The lowest BCUT2D eigenvalue weighted by atomic mass is 10.3. The van der Waals surface area contributed by atoms with Gasteiger partial charge >= 0.3 is 5.09 Å². The Morgan fingerprint density at radius 3 is 2.31 bits per heavy atom. The monoisotopic (exact) mass is 305 g/mol. The first kappa shape index (κ1) is 13.4. The van der Waals surface area contributed by atoms with Crippen LogP contribution < -0.4 is 11.0 Å². The number of hydrogen-bond acceptors (Lipinski definition) is 5. The number of hydrazine groups is 1. The van der Waals surface area contributed by atoms with Gasteiger partial charge < -0.3 is 0 Å². The maximum atomic E-state index is 10.1. The van der Waals surface area contributed by atoms with E-state index in [0.717, 1.165) is 0 Å². The molecule has 0 aliphatic heterocycles. The summed E-state index contributed by atoms with van der Waals surface area (Å²) in [6, 6.07) is 1.18. The Labute approximate surface area is 109 Å². The van der Waals surface area contributed by atoms with Crippen LogP contribution in [0.3, 0.4) is 0 Å². The molecule has 88 valence electrons. The average molecular weight is 307 g/mol. The molecule has 0 unspecified atom stereocenters. The van der Waals surface area contributed by atoms with Crippen molar-refractivity contribution in [3.63, 3.8) is 0 Å². The lowest BCUT2D eigenvalue weighted by molar-refractivity contribution is -0.762. The maximum Gasteiger partial charge on any atom is 0.318 e. The quantitative estimate of drug-likeness (QED) is 0.305. The summed E-state index contributed by atoms with van der Waals surface area (Å²) in [5, 5.41) is 9.12. The third kappa shape index (κ3) is 2.72. The molecule has 0 spiro atoms. The predicted octanol–water partition coefficient (Wildman–Crippen LogP) is 3.10. The minimum absolute atomic E-state index is 0.0200. The Morgan fingerprint density at radius 2 is 1.81 bits per heavy atom. The van der Waals surface area contributed by atoms with E-state index in [1.807, 2.05) is 0 Å². The molecule has 0 aromatic heterocycles. The highest BCUT2D eigenvalue weighted by atomic mass is 35.5. The minimum Gasteiger partial charge on any atom is -0.223 e. The Hall–Kier alpha value is -0.660. The van der Waals surface area contributed by atoms with Crippen molar-refractivity contribution in [3.05, 3.63) is 36.3 Å². The van der Waals surface area contributed by atoms with Gasteiger partial charge in [-0.05, 0) is 6.07 Å². The molecule has 2 N–H and O–H groups in total. The van der Waals surface area contributed by atoms with Crippen LogP contribution in [0, 0.1) is 10.1 Å². The van der Waals surface area contributed by atoms with Crippen molar-refractivity contribution in [2.45, 2.75) is 0 Å². The highest BCUT2D eigenvalue weighted by molar-refractivity contribution is 6.52. The summed E-state index contributed by atoms with van der Waals surface area (Å²) < 4.78 is 0. The smallest absolute Gasteiger partial charge is 0.223 e. The second-order valence-corrected chi connectivity index (χ2v) is 3.99. The second kappa shape index (κ2) is 5.11. The van der Waals surface area contributed by atoms with E-state index in [2.05, 4.69) is 4.94 Å². The van der Waals surface area contributed by atoms with Crippen molar-refractivity contribution in [2.24, 2.45) is 5.84 Å². The number of hydrogen-bond donors (Lipinski definition) is 1. The standard InChI is InChI=1S/C6H3Cl4N3O3/c7-2-1-3(12(11)16-13(14)15)5(9)6(10)4(2)8/h1H,11H2. The van der Waals surface area contributed by atoms with Gasteiger partial charge in [0.25, 0.3) is 0 Å². The highest BCUT2D eigenvalue weighted by Crippen LogP contribution is 2.41. The molecule has 0 fully saturated rings. The van der Waals surface area contributed by atoms with Crippen molar-refractivity contribution >= 4 is 52.1 Å². The minimum atomic E-state index is -1.12. The van der Waals surface area contributed by atoms with Gasteiger partial charge in [0.2, 0.25) is 0 Å². The topological polar surface area (TPSA) is 81.6 Å². The van der Waals surface area contributed by atoms with Gasteiger partial charge in [-0.25, -0.2) is 5.84 Å². The zero-order valence-corrected chi connectivity index (χ0v) is 10.3. The summed E-state index contributed by atoms with van der Waals surface area (Å²) in [5.41, 5.74) is -0.0854. The molecule has 1 rings (SSSR count). The van der Waals surface area contributed by atoms with Crippen LogP contribution in [0.5, 0.6) is 0 Å². The number of nitrogens with two attached hydrogens (primary N) is 1. The van der Waals surface area contributed by atoms with Crippen LogP contribution in [0.2, 0.25) is 20.1 Å². The molecular formula is C6H3Cl4N3O3. The van der Waals surface area contributed by atoms with E-state index in [1.54, 1.807) is 0 Å². The first-order valence-electron chi connectivity index (χ1n) is 3.55. The molecule has 0 aliphatic carbocycles. The van der Waals surface area contributed by atoms with E-state index in [9.17, 15) is 10.1 Å². The predicted molar refractivity (Wildman–Crippen MR) is 61.2 cm³/mol. The fourth-order valence-electron chi connectivity index (χ4n) is 0.837. The highest BCUT2D eigenvalue weighted by Gasteiger charge is 2.18. The van der Waals surface area contributed by atoms with Crippen molar-refractivity contribution < 1.29 is 10.0 Å². The molecular weight excluding hydrogens is 304 g/mol. The largest absolute Gasteiger partial charge is 0.318 e. The van der Waals surface area contributed by atoms with Gasteiger partial charge in [-0.1, -0.05) is 46.4 Å². The van der Waals surface area contributed by atoms with Gasteiger partial charge in [-0.2, -0.15) is 4.94 Å². The van der Waals surface area contributed by atoms with Crippen molar-refractivity contribution in [1.29, 1.82) is 0 Å². The van der Waals surface area contributed by atoms with E-state index >= 15 is 0 Å². The van der Waals surface area contributed by atoms with Gasteiger partial charge in [-0.15, -0.1) is 15.3 Å².